The van der Waals surface area contributed by atoms with Gasteiger partial charge in [0.25, 0.3) is 0 Å². The second-order valence-electron chi connectivity index (χ2n) is 5.60. The van der Waals surface area contributed by atoms with Crippen molar-refractivity contribution in [2.24, 2.45) is 5.92 Å². The Morgan fingerprint density at radius 1 is 1.33 bits per heavy atom. The number of hydrogen-bond donors (Lipinski definition) is 1. The summed E-state index contributed by atoms with van der Waals surface area (Å²) in [5.74, 6) is 0.696. The molecule has 1 fully saturated rings. The zero-order chi connectivity index (χ0) is 13.3. The van der Waals surface area contributed by atoms with Gasteiger partial charge in [-0.3, -0.25) is 0 Å². The maximum absolute atomic E-state index is 6.38. The molecule has 1 N–H and O–H groups in total. The van der Waals surface area contributed by atoms with Gasteiger partial charge in [0.05, 0.1) is 0 Å². The highest BCUT2D eigenvalue weighted by atomic mass is 35.5. The summed E-state index contributed by atoms with van der Waals surface area (Å²) in [6.07, 6.45) is 2.37. The van der Waals surface area contributed by atoms with E-state index in [1.54, 1.807) is 0 Å². The van der Waals surface area contributed by atoms with Crippen LogP contribution < -0.4 is 5.32 Å². The average Bonchev–Trinajstić information content (AvgIpc) is 3.01. The zero-order valence-corrected chi connectivity index (χ0v) is 12.8. The van der Waals surface area contributed by atoms with Gasteiger partial charge in [0.1, 0.15) is 0 Å². The average molecular weight is 286 g/mol. The van der Waals surface area contributed by atoms with E-state index >= 15 is 0 Å². The molecule has 2 rings (SSSR count). The molecule has 1 aromatic carbocycles. The largest absolute Gasteiger partial charge is 0.314 e. The van der Waals surface area contributed by atoms with E-state index in [4.69, 9.17) is 23.2 Å². The Hall–Kier alpha value is -0.240. The van der Waals surface area contributed by atoms with Crippen molar-refractivity contribution in [2.75, 3.05) is 6.54 Å². The molecule has 1 aromatic rings. The van der Waals surface area contributed by atoms with Crippen molar-refractivity contribution < 1.29 is 0 Å². The molecular formula is C15H21Cl2N. The molecule has 1 saturated carbocycles. The van der Waals surface area contributed by atoms with Gasteiger partial charge >= 0.3 is 0 Å². The number of rotatable bonds is 5. The van der Waals surface area contributed by atoms with Gasteiger partial charge in [0.15, 0.2) is 0 Å². The Bertz CT molecular complexity index is 410. The molecule has 1 aliphatic carbocycles. The summed E-state index contributed by atoms with van der Waals surface area (Å²) in [6, 6.07) is 6.30. The van der Waals surface area contributed by atoms with E-state index in [0.29, 0.717) is 12.0 Å². The third kappa shape index (κ3) is 2.54. The first kappa shape index (κ1) is 14.2. The summed E-state index contributed by atoms with van der Waals surface area (Å²) in [7, 11) is 0. The fourth-order valence-corrected chi connectivity index (χ4v) is 3.66. The minimum atomic E-state index is 0.147. The van der Waals surface area contributed by atoms with E-state index in [9.17, 15) is 0 Å². The quantitative estimate of drug-likeness (QED) is 0.830. The van der Waals surface area contributed by atoms with Crippen molar-refractivity contribution in [3.05, 3.63) is 33.8 Å². The standard InChI is InChI=1S/C15H21Cl2N/c1-4-11-8-15(11,9-18-10(2)3)14-12(16)6-5-7-13(14)17/h5-7,10-11,18H,4,8-9H2,1-3H3. The first-order valence-corrected chi connectivity index (χ1v) is 7.44. The van der Waals surface area contributed by atoms with Crippen molar-refractivity contribution >= 4 is 23.2 Å². The highest BCUT2D eigenvalue weighted by Crippen LogP contribution is 2.58. The molecular weight excluding hydrogens is 265 g/mol. The van der Waals surface area contributed by atoms with Gasteiger partial charge in [0.2, 0.25) is 0 Å². The monoisotopic (exact) mass is 285 g/mol. The van der Waals surface area contributed by atoms with E-state index in [1.807, 2.05) is 18.2 Å². The Morgan fingerprint density at radius 2 is 1.94 bits per heavy atom. The van der Waals surface area contributed by atoms with Crippen molar-refractivity contribution in [1.82, 2.24) is 5.32 Å². The lowest BCUT2D eigenvalue weighted by Crippen LogP contribution is -2.33. The van der Waals surface area contributed by atoms with Crippen molar-refractivity contribution in [1.29, 1.82) is 0 Å². The molecule has 0 heterocycles. The van der Waals surface area contributed by atoms with Crippen LogP contribution in [0.25, 0.3) is 0 Å². The van der Waals surface area contributed by atoms with Gasteiger partial charge in [-0.05, 0) is 30.0 Å². The summed E-state index contributed by atoms with van der Waals surface area (Å²) in [6.45, 7) is 7.55. The van der Waals surface area contributed by atoms with Crippen LogP contribution in [0.2, 0.25) is 10.0 Å². The van der Waals surface area contributed by atoms with Crippen LogP contribution in [0.3, 0.4) is 0 Å². The summed E-state index contributed by atoms with van der Waals surface area (Å²) in [5, 5.41) is 5.17. The molecule has 0 bridgehead atoms. The highest BCUT2D eigenvalue weighted by Gasteiger charge is 2.55. The molecule has 0 saturated heterocycles. The highest BCUT2D eigenvalue weighted by molar-refractivity contribution is 6.36. The normalized spacial score (nSPS) is 26.7. The van der Waals surface area contributed by atoms with Crippen LogP contribution in [0.4, 0.5) is 0 Å². The lowest BCUT2D eigenvalue weighted by molar-refractivity contribution is 0.487. The number of halogens is 2. The molecule has 3 heteroatoms. The molecule has 0 spiro atoms. The lowest BCUT2D eigenvalue weighted by Gasteiger charge is -2.23. The maximum Gasteiger partial charge on any atom is 0.0459 e. The van der Waals surface area contributed by atoms with Crippen LogP contribution in [0.5, 0.6) is 0 Å². The minimum Gasteiger partial charge on any atom is -0.314 e. The van der Waals surface area contributed by atoms with Gasteiger partial charge < -0.3 is 5.32 Å². The second-order valence-corrected chi connectivity index (χ2v) is 6.41. The van der Waals surface area contributed by atoms with Gasteiger partial charge in [-0.15, -0.1) is 0 Å². The fraction of sp³-hybridized carbons (Fsp3) is 0.600. The first-order valence-electron chi connectivity index (χ1n) is 6.69. The summed E-state index contributed by atoms with van der Waals surface area (Å²) in [5.41, 5.74) is 1.29. The first-order chi connectivity index (χ1) is 8.51. The molecule has 100 valence electrons. The third-order valence-electron chi connectivity index (χ3n) is 4.01. The van der Waals surface area contributed by atoms with Crippen molar-refractivity contribution in [3.8, 4) is 0 Å². The van der Waals surface area contributed by atoms with Crippen molar-refractivity contribution in [2.45, 2.75) is 45.1 Å². The smallest absolute Gasteiger partial charge is 0.0459 e. The molecule has 0 amide bonds. The predicted octanol–water partition coefficient (Wildman–Crippen LogP) is 4.66. The summed E-state index contributed by atoms with van der Waals surface area (Å²) < 4.78 is 0. The molecule has 0 radical (unpaired) electrons. The Morgan fingerprint density at radius 3 is 2.39 bits per heavy atom. The Labute approximate surface area is 120 Å². The van der Waals surface area contributed by atoms with Gasteiger partial charge in [-0.1, -0.05) is 56.5 Å². The Balaban J connectivity index is 2.31. The maximum atomic E-state index is 6.38. The number of nitrogens with one attached hydrogen (secondary N) is 1. The zero-order valence-electron chi connectivity index (χ0n) is 11.3. The molecule has 1 aliphatic rings. The van der Waals surface area contributed by atoms with Crippen LogP contribution in [-0.4, -0.2) is 12.6 Å². The summed E-state index contributed by atoms with van der Waals surface area (Å²) in [4.78, 5) is 0. The molecule has 2 unspecified atom stereocenters. The molecule has 1 nitrogen and oxygen atoms in total. The van der Waals surface area contributed by atoms with E-state index < -0.39 is 0 Å². The topological polar surface area (TPSA) is 12.0 Å². The third-order valence-corrected chi connectivity index (χ3v) is 4.64. The Kier molecular flexibility index (Phi) is 4.25. The van der Waals surface area contributed by atoms with E-state index in [-0.39, 0.29) is 5.41 Å². The SMILES string of the molecule is CCC1CC1(CNC(C)C)c1c(Cl)cccc1Cl. The van der Waals surface area contributed by atoms with Gasteiger partial charge in [0, 0.05) is 28.0 Å². The molecule has 0 aromatic heterocycles. The van der Waals surface area contributed by atoms with Crippen LogP contribution in [0.1, 0.15) is 39.2 Å². The van der Waals surface area contributed by atoms with Crippen LogP contribution in [0.15, 0.2) is 18.2 Å². The van der Waals surface area contributed by atoms with Gasteiger partial charge in [-0.25, -0.2) is 0 Å². The van der Waals surface area contributed by atoms with E-state index in [2.05, 4.69) is 26.1 Å². The number of benzene rings is 1. The van der Waals surface area contributed by atoms with Crippen LogP contribution >= 0.6 is 23.2 Å². The molecule has 18 heavy (non-hydrogen) atoms. The van der Waals surface area contributed by atoms with Crippen LogP contribution in [0, 0.1) is 5.92 Å². The van der Waals surface area contributed by atoms with E-state index in [0.717, 1.165) is 22.2 Å². The molecule has 2 atom stereocenters. The van der Waals surface area contributed by atoms with Crippen LogP contribution in [-0.2, 0) is 5.41 Å². The van der Waals surface area contributed by atoms with E-state index in [1.165, 1.54) is 12.8 Å². The number of hydrogen-bond acceptors (Lipinski definition) is 1. The molecule has 0 aliphatic heterocycles. The lowest BCUT2D eigenvalue weighted by atomic mass is 9.91. The fourth-order valence-electron chi connectivity index (χ4n) is 2.89. The second kappa shape index (κ2) is 5.40. The minimum absolute atomic E-state index is 0.147. The van der Waals surface area contributed by atoms with Gasteiger partial charge in [-0.2, -0.15) is 0 Å². The predicted molar refractivity (Wildman–Crippen MR) is 79.7 cm³/mol. The summed E-state index contributed by atoms with van der Waals surface area (Å²) >= 11 is 12.8. The van der Waals surface area contributed by atoms with Crippen molar-refractivity contribution in [3.63, 3.8) is 0 Å².